The minimum absolute atomic E-state index is 0.221. The van der Waals surface area contributed by atoms with Gasteiger partial charge in [-0.1, -0.05) is 12.1 Å². The van der Waals surface area contributed by atoms with Gasteiger partial charge in [0.25, 0.3) is 0 Å². The molecule has 0 radical (unpaired) electrons. The molecule has 2 aromatic carbocycles. The highest BCUT2D eigenvalue weighted by molar-refractivity contribution is 6.04. The Morgan fingerprint density at radius 2 is 1.76 bits per heavy atom. The summed E-state index contributed by atoms with van der Waals surface area (Å²) in [6.45, 7) is 3.55. The summed E-state index contributed by atoms with van der Waals surface area (Å²) >= 11 is 0. The molecule has 2 amide bonds. The number of urea groups is 1. The number of carbonyl (C=O) groups excluding carboxylic acids is 2. The van der Waals surface area contributed by atoms with E-state index in [4.69, 9.17) is 9.47 Å². The third-order valence-corrected chi connectivity index (χ3v) is 6.00. The fourth-order valence-electron chi connectivity index (χ4n) is 4.23. The third kappa shape index (κ3) is 4.96. The first-order chi connectivity index (χ1) is 16.0. The molecule has 2 heterocycles. The van der Waals surface area contributed by atoms with Crippen molar-refractivity contribution in [3.8, 4) is 5.75 Å². The summed E-state index contributed by atoms with van der Waals surface area (Å²) in [6.07, 6.45) is 1.25. The number of piperidine rings is 1. The van der Waals surface area contributed by atoms with E-state index in [0.29, 0.717) is 22.6 Å². The first-order valence-corrected chi connectivity index (χ1v) is 11.2. The number of rotatable bonds is 6. The van der Waals surface area contributed by atoms with E-state index in [1.54, 1.807) is 38.3 Å². The first-order valence-electron chi connectivity index (χ1n) is 11.2. The summed E-state index contributed by atoms with van der Waals surface area (Å²) in [4.78, 5) is 27.8. The van der Waals surface area contributed by atoms with E-state index in [0.717, 1.165) is 37.2 Å². The molecule has 0 saturated carbocycles. The molecule has 33 heavy (non-hydrogen) atoms. The lowest BCUT2D eigenvalue weighted by Crippen LogP contribution is -2.45. The smallest absolute Gasteiger partial charge is 0.338 e. The maximum Gasteiger partial charge on any atom is 0.338 e. The van der Waals surface area contributed by atoms with Crippen molar-refractivity contribution in [1.29, 1.82) is 0 Å². The summed E-state index contributed by atoms with van der Waals surface area (Å²) in [5, 5.41) is 15.4. The Morgan fingerprint density at radius 3 is 2.36 bits per heavy atom. The van der Waals surface area contributed by atoms with Crippen LogP contribution in [0.25, 0.3) is 5.70 Å². The van der Waals surface area contributed by atoms with Gasteiger partial charge < -0.3 is 30.1 Å². The lowest BCUT2D eigenvalue weighted by molar-refractivity contribution is -0.138. The zero-order valence-electron chi connectivity index (χ0n) is 18.8. The Bertz CT molecular complexity index is 1030. The van der Waals surface area contributed by atoms with Gasteiger partial charge in [0, 0.05) is 18.8 Å². The van der Waals surface area contributed by atoms with Crippen LogP contribution < -0.4 is 20.3 Å². The molecule has 0 aliphatic carbocycles. The van der Waals surface area contributed by atoms with Crippen molar-refractivity contribution in [3.05, 3.63) is 65.2 Å². The number of aliphatic hydroxyl groups is 1. The number of hydrogen-bond acceptors (Lipinski definition) is 6. The highest BCUT2D eigenvalue weighted by Crippen LogP contribution is 2.33. The monoisotopic (exact) mass is 451 g/mol. The molecule has 2 aromatic rings. The van der Waals surface area contributed by atoms with Gasteiger partial charge in [-0.25, -0.2) is 9.59 Å². The van der Waals surface area contributed by atoms with Crippen LogP contribution in [0.15, 0.2) is 54.1 Å². The lowest BCUT2D eigenvalue weighted by atomic mass is 9.92. The van der Waals surface area contributed by atoms with Crippen molar-refractivity contribution in [3.63, 3.8) is 0 Å². The molecule has 2 aliphatic rings. The Hall–Kier alpha value is -3.52. The van der Waals surface area contributed by atoms with E-state index in [1.807, 2.05) is 24.3 Å². The topological polar surface area (TPSA) is 100 Å². The molecule has 1 fully saturated rings. The van der Waals surface area contributed by atoms with Crippen molar-refractivity contribution in [1.82, 2.24) is 10.6 Å². The number of nitrogens with one attached hydrogen (secondary N) is 2. The summed E-state index contributed by atoms with van der Waals surface area (Å²) in [7, 11) is 1.58. The Labute approximate surface area is 193 Å². The average molecular weight is 452 g/mol. The summed E-state index contributed by atoms with van der Waals surface area (Å²) in [5.74, 6) is 0.185. The second-order valence-corrected chi connectivity index (χ2v) is 8.08. The molecule has 0 aromatic heterocycles. The van der Waals surface area contributed by atoms with Crippen molar-refractivity contribution in [2.45, 2.75) is 31.9 Å². The van der Waals surface area contributed by atoms with E-state index < -0.39 is 18.0 Å². The lowest BCUT2D eigenvalue weighted by Gasteiger charge is -2.32. The molecule has 8 nitrogen and oxygen atoms in total. The number of anilines is 1. The predicted molar refractivity (Wildman–Crippen MR) is 125 cm³/mol. The molecule has 0 bridgehead atoms. The normalized spacial score (nSPS) is 19.1. The molecule has 4 rings (SSSR count). The van der Waals surface area contributed by atoms with Gasteiger partial charge in [-0.2, -0.15) is 0 Å². The number of methoxy groups -OCH3 is 1. The number of amides is 2. The highest BCUT2D eigenvalue weighted by Gasteiger charge is 2.34. The number of hydrogen-bond donors (Lipinski definition) is 3. The fraction of sp³-hybridized carbons (Fsp3) is 0.360. The molecule has 174 valence electrons. The summed E-state index contributed by atoms with van der Waals surface area (Å²) in [6, 6.07) is 13.9. The van der Waals surface area contributed by atoms with E-state index >= 15 is 0 Å². The zero-order chi connectivity index (χ0) is 23.4. The third-order valence-electron chi connectivity index (χ3n) is 6.00. The Morgan fingerprint density at radius 1 is 1.09 bits per heavy atom. The zero-order valence-corrected chi connectivity index (χ0v) is 18.8. The van der Waals surface area contributed by atoms with E-state index in [2.05, 4.69) is 15.5 Å². The number of carbonyl (C=O) groups is 2. The van der Waals surface area contributed by atoms with Crippen molar-refractivity contribution in [2.24, 2.45) is 0 Å². The van der Waals surface area contributed by atoms with Gasteiger partial charge in [0.1, 0.15) is 5.75 Å². The minimum Gasteiger partial charge on any atom is -0.497 e. The second-order valence-electron chi connectivity index (χ2n) is 8.08. The average Bonchev–Trinajstić information content (AvgIpc) is 2.84. The van der Waals surface area contributed by atoms with Gasteiger partial charge in [-0.05, 0) is 67.3 Å². The molecule has 8 heteroatoms. The van der Waals surface area contributed by atoms with Gasteiger partial charge in [0.05, 0.1) is 37.1 Å². The number of ether oxygens (including phenoxy) is 2. The number of nitrogens with zero attached hydrogens (tertiary/aromatic N) is 1. The van der Waals surface area contributed by atoms with Crippen LogP contribution in [0.2, 0.25) is 0 Å². The van der Waals surface area contributed by atoms with Crippen molar-refractivity contribution < 1.29 is 24.2 Å². The Balaban J connectivity index is 1.70. The molecular weight excluding hydrogens is 422 g/mol. The maximum absolute atomic E-state index is 13.0. The van der Waals surface area contributed by atoms with Crippen LogP contribution in [0, 0.1) is 0 Å². The molecule has 1 saturated heterocycles. The van der Waals surface area contributed by atoms with E-state index in [1.165, 1.54) is 0 Å². The molecular formula is C25H29N3O5. The Kier molecular flexibility index (Phi) is 6.84. The van der Waals surface area contributed by atoms with Crippen molar-refractivity contribution in [2.75, 3.05) is 31.7 Å². The predicted octanol–water partition coefficient (Wildman–Crippen LogP) is 2.98. The number of benzene rings is 2. The van der Waals surface area contributed by atoms with E-state index in [-0.39, 0.29) is 12.7 Å². The van der Waals surface area contributed by atoms with E-state index in [9.17, 15) is 14.7 Å². The largest absolute Gasteiger partial charge is 0.497 e. The van der Waals surface area contributed by atoms with Crippen LogP contribution in [0.3, 0.4) is 0 Å². The standard InChI is InChI=1S/C25H29N3O5/c1-3-33-24(30)21-22(16-4-8-18(9-5-16)28-14-12-19(29)13-15-28)26-25(31)27-23(21)17-6-10-20(32-2)11-7-17/h4-11,19,22,29H,3,12-15H2,1-2H3,(H2,26,27,31). The molecule has 3 N–H and O–H groups in total. The van der Waals surface area contributed by atoms with Gasteiger partial charge in [-0.3, -0.25) is 0 Å². The van der Waals surface area contributed by atoms with Crippen LogP contribution in [-0.2, 0) is 9.53 Å². The molecule has 1 unspecified atom stereocenters. The quantitative estimate of drug-likeness (QED) is 0.584. The SMILES string of the molecule is CCOC(=O)C1=C(c2ccc(OC)cc2)NC(=O)NC1c1ccc(N2CCC(O)CC2)cc1. The van der Waals surface area contributed by atoms with Gasteiger partial charge in [-0.15, -0.1) is 0 Å². The highest BCUT2D eigenvalue weighted by atomic mass is 16.5. The van der Waals surface area contributed by atoms with Crippen LogP contribution >= 0.6 is 0 Å². The van der Waals surface area contributed by atoms with Crippen molar-refractivity contribution >= 4 is 23.4 Å². The fourth-order valence-corrected chi connectivity index (χ4v) is 4.23. The number of esters is 1. The maximum atomic E-state index is 13.0. The summed E-state index contributed by atoms with van der Waals surface area (Å²) in [5.41, 5.74) is 3.26. The summed E-state index contributed by atoms with van der Waals surface area (Å²) < 4.78 is 10.6. The molecule has 0 spiro atoms. The van der Waals surface area contributed by atoms with Crippen LogP contribution in [0.1, 0.15) is 36.9 Å². The second kappa shape index (κ2) is 9.95. The van der Waals surface area contributed by atoms with Crippen LogP contribution in [0.5, 0.6) is 5.75 Å². The van der Waals surface area contributed by atoms with Crippen LogP contribution in [0.4, 0.5) is 10.5 Å². The number of aliphatic hydroxyl groups excluding tert-OH is 1. The first kappa shape index (κ1) is 22.7. The van der Waals surface area contributed by atoms with Gasteiger partial charge in [0.15, 0.2) is 0 Å². The molecule has 1 atom stereocenters. The van der Waals surface area contributed by atoms with Gasteiger partial charge >= 0.3 is 12.0 Å². The van der Waals surface area contributed by atoms with Gasteiger partial charge in [0.2, 0.25) is 0 Å². The van der Waals surface area contributed by atoms with Crippen LogP contribution in [-0.4, -0.2) is 50.0 Å². The molecule has 2 aliphatic heterocycles. The minimum atomic E-state index is -0.660.